The fourth-order valence-corrected chi connectivity index (χ4v) is 2.83. The molecule has 0 spiro atoms. The standard InChI is InChI=1S/C16H10BI/c17-12-7-5-11(6-8-12)13-9-10-16(18)15-4-2-1-3-14(13)15/h1-10H. The lowest BCUT2D eigenvalue weighted by Crippen LogP contribution is -1.99. The van der Waals surface area contributed by atoms with Crippen LogP contribution in [0.3, 0.4) is 0 Å². The van der Waals surface area contributed by atoms with Crippen molar-refractivity contribution in [3.63, 3.8) is 0 Å². The maximum Gasteiger partial charge on any atom is 0.113 e. The van der Waals surface area contributed by atoms with Gasteiger partial charge in [-0.25, -0.2) is 0 Å². The summed E-state index contributed by atoms with van der Waals surface area (Å²) in [5.41, 5.74) is 3.26. The molecule has 0 bridgehead atoms. The van der Waals surface area contributed by atoms with Crippen LogP contribution in [-0.2, 0) is 0 Å². The van der Waals surface area contributed by atoms with Crippen molar-refractivity contribution < 1.29 is 0 Å². The van der Waals surface area contributed by atoms with Crippen LogP contribution < -0.4 is 5.46 Å². The highest BCUT2D eigenvalue weighted by molar-refractivity contribution is 14.1. The topological polar surface area (TPSA) is 0 Å². The van der Waals surface area contributed by atoms with Crippen molar-refractivity contribution in [2.45, 2.75) is 0 Å². The molecule has 0 heterocycles. The summed E-state index contributed by atoms with van der Waals surface area (Å²) in [4.78, 5) is 0. The van der Waals surface area contributed by atoms with E-state index >= 15 is 0 Å². The Kier molecular flexibility index (Phi) is 3.12. The minimum atomic E-state index is 0.800. The van der Waals surface area contributed by atoms with E-state index in [1.807, 2.05) is 12.1 Å². The predicted molar refractivity (Wildman–Crippen MR) is 87.5 cm³/mol. The molecular weight excluding hydrogens is 330 g/mol. The molecule has 2 heteroatoms. The van der Waals surface area contributed by atoms with Crippen molar-refractivity contribution in [2.75, 3.05) is 0 Å². The molecule has 3 aromatic rings. The summed E-state index contributed by atoms with van der Waals surface area (Å²) >= 11 is 2.38. The largest absolute Gasteiger partial charge is 0.113 e. The molecule has 0 N–H and O–H groups in total. The monoisotopic (exact) mass is 340 g/mol. The predicted octanol–water partition coefficient (Wildman–Crippen LogP) is 3.91. The molecule has 0 atom stereocenters. The fraction of sp³-hybridized carbons (Fsp3) is 0. The lowest BCUT2D eigenvalue weighted by molar-refractivity contribution is 1.65. The van der Waals surface area contributed by atoms with E-state index in [4.69, 9.17) is 7.85 Å². The van der Waals surface area contributed by atoms with Gasteiger partial charge in [-0.2, -0.15) is 0 Å². The van der Waals surface area contributed by atoms with Crippen LogP contribution in [0, 0.1) is 3.57 Å². The number of hydrogen-bond donors (Lipinski definition) is 0. The van der Waals surface area contributed by atoms with Gasteiger partial charge in [0.2, 0.25) is 0 Å². The lowest BCUT2D eigenvalue weighted by Gasteiger charge is -2.09. The van der Waals surface area contributed by atoms with Gasteiger partial charge in [-0.3, -0.25) is 0 Å². The van der Waals surface area contributed by atoms with Crippen molar-refractivity contribution in [2.24, 2.45) is 0 Å². The highest BCUT2D eigenvalue weighted by atomic mass is 127. The van der Waals surface area contributed by atoms with E-state index in [0.29, 0.717) is 0 Å². The van der Waals surface area contributed by atoms with Crippen molar-refractivity contribution in [3.8, 4) is 11.1 Å². The van der Waals surface area contributed by atoms with Crippen molar-refractivity contribution in [1.29, 1.82) is 0 Å². The Balaban J connectivity index is 2.30. The molecule has 18 heavy (non-hydrogen) atoms. The molecule has 0 aliphatic rings. The van der Waals surface area contributed by atoms with Crippen molar-refractivity contribution >= 4 is 46.7 Å². The van der Waals surface area contributed by atoms with Crippen molar-refractivity contribution in [3.05, 3.63) is 64.2 Å². The molecule has 0 fully saturated rings. The number of hydrogen-bond acceptors (Lipinski definition) is 0. The maximum atomic E-state index is 5.74. The first-order valence-electron chi connectivity index (χ1n) is 5.79. The van der Waals surface area contributed by atoms with Gasteiger partial charge in [-0.05, 0) is 50.6 Å². The minimum absolute atomic E-state index is 0.800. The van der Waals surface area contributed by atoms with E-state index in [1.165, 1.54) is 25.5 Å². The third-order valence-electron chi connectivity index (χ3n) is 3.09. The van der Waals surface area contributed by atoms with Crippen LogP contribution >= 0.6 is 22.6 Å². The molecular formula is C16H10BI. The molecule has 2 radical (unpaired) electrons. The lowest BCUT2D eigenvalue weighted by atomic mass is 9.92. The number of halogens is 1. The molecule has 0 aliphatic heterocycles. The first-order valence-corrected chi connectivity index (χ1v) is 6.87. The van der Waals surface area contributed by atoms with Crippen LogP contribution in [0.15, 0.2) is 60.7 Å². The van der Waals surface area contributed by atoms with E-state index in [1.54, 1.807) is 0 Å². The maximum absolute atomic E-state index is 5.74. The van der Waals surface area contributed by atoms with E-state index in [2.05, 4.69) is 71.1 Å². The van der Waals surface area contributed by atoms with Gasteiger partial charge in [0.15, 0.2) is 0 Å². The molecule has 3 aromatic carbocycles. The average molecular weight is 340 g/mol. The summed E-state index contributed by atoms with van der Waals surface area (Å²) in [7, 11) is 5.74. The smallest absolute Gasteiger partial charge is 0.0966 e. The summed E-state index contributed by atoms with van der Waals surface area (Å²) in [5.74, 6) is 0. The van der Waals surface area contributed by atoms with Gasteiger partial charge in [0, 0.05) is 3.57 Å². The molecule has 0 saturated carbocycles. The number of benzene rings is 3. The Morgan fingerprint density at radius 2 is 1.39 bits per heavy atom. The Morgan fingerprint density at radius 1 is 0.722 bits per heavy atom. The summed E-state index contributed by atoms with van der Waals surface area (Å²) in [6.45, 7) is 0. The van der Waals surface area contributed by atoms with Crippen LogP contribution in [0.5, 0.6) is 0 Å². The zero-order valence-corrected chi connectivity index (χ0v) is 11.9. The second-order valence-electron chi connectivity index (χ2n) is 4.26. The van der Waals surface area contributed by atoms with E-state index in [-0.39, 0.29) is 0 Å². The quantitative estimate of drug-likeness (QED) is 0.466. The first-order chi connectivity index (χ1) is 8.75. The van der Waals surface area contributed by atoms with Crippen LogP contribution in [0.25, 0.3) is 21.9 Å². The molecule has 3 rings (SSSR count). The first kappa shape index (κ1) is 11.8. The number of rotatable bonds is 1. The molecule has 0 amide bonds. The third kappa shape index (κ3) is 2.05. The average Bonchev–Trinajstić information content (AvgIpc) is 2.41. The van der Waals surface area contributed by atoms with Gasteiger partial charge >= 0.3 is 0 Å². The second kappa shape index (κ2) is 4.77. The van der Waals surface area contributed by atoms with Crippen LogP contribution in [0.2, 0.25) is 0 Å². The molecule has 0 saturated heterocycles. The molecule has 0 nitrogen and oxygen atoms in total. The molecule has 0 unspecified atom stereocenters. The van der Waals surface area contributed by atoms with Crippen molar-refractivity contribution in [1.82, 2.24) is 0 Å². The van der Waals surface area contributed by atoms with Gasteiger partial charge in [-0.15, -0.1) is 0 Å². The minimum Gasteiger partial charge on any atom is -0.0966 e. The molecule has 0 aromatic heterocycles. The summed E-state index contributed by atoms with van der Waals surface area (Å²) < 4.78 is 1.28. The molecule has 0 aliphatic carbocycles. The summed E-state index contributed by atoms with van der Waals surface area (Å²) in [6.07, 6.45) is 0. The van der Waals surface area contributed by atoms with Gasteiger partial charge < -0.3 is 0 Å². The summed E-state index contributed by atoms with van der Waals surface area (Å²) in [5, 5.41) is 2.58. The zero-order chi connectivity index (χ0) is 12.5. The Labute approximate surface area is 122 Å². The van der Waals surface area contributed by atoms with Gasteiger partial charge in [0.25, 0.3) is 0 Å². The van der Waals surface area contributed by atoms with Gasteiger partial charge in [0.1, 0.15) is 7.85 Å². The van der Waals surface area contributed by atoms with E-state index in [9.17, 15) is 0 Å². The van der Waals surface area contributed by atoms with E-state index < -0.39 is 0 Å². The van der Waals surface area contributed by atoms with Gasteiger partial charge in [0.05, 0.1) is 0 Å². The number of fused-ring (bicyclic) bond motifs is 1. The Morgan fingerprint density at radius 3 is 2.11 bits per heavy atom. The summed E-state index contributed by atoms with van der Waals surface area (Å²) in [6, 6.07) is 20.9. The fourth-order valence-electron chi connectivity index (χ4n) is 2.18. The normalized spacial score (nSPS) is 10.7. The Bertz CT molecular complexity index is 702. The Hall–Kier alpha value is -1.29. The van der Waals surface area contributed by atoms with Crippen LogP contribution in [0.4, 0.5) is 0 Å². The second-order valence-corrected chi connectivity index (χ2v) is 5.42. The zero-order valence-electron chi connectivity index (χ0n) is 9.73. The van der Waals surface area contributed by atoms with Crippen LogP contribution in [-0.4, -0.2) is 7.85 Å². The highest BCUT2D eigenvalue weighted by Gasteiger charge is 2.05. The molecule has 84 valence electrons. The van der Waals surface area contributed by atoms with Gasteiger partial charge in [-0.1, -0.05) is 60.1 Å². The van der Waals surface area contributed by atoms with E-state index in [0.717, 1.165) is 5.46 Å². The van der Waals surface area contributed by atoms with Crippen LogP contribution in [0.1, 0.15) is 0 Å². The highest BCUT2D eigenvalue weighted by Crippen LogP contribution is 2.30. The SMILES string of the molecule is [B]c1ccc(-c2ccc(I)c3ccccc23)cc1. The third-order valence-corrected chi connectivity index (χ3v) is 4.03.